The van der Waals surface area contributed by atoms with Crippen LogP contribution in [0.4, 0.5) is 0 Å². The van der Waals surface area contributed by atoms with E-state index in [2.05, 4.69) is 5.32 Å². The second-order valence-electron chi connectivity index (χ2n) is 4.54. The van der Waals surface area contributed by atoms with E-state index in [0.717, 1.165) is 0 Å². The molecule has 0 bridgehead atoms. The van der Waals surface area contributed by atoms with E-state index < -0.39 is 23.5 Å². The smallest absolute Gasteiger partial charge is 0.330 e. The second kappa shape index (κ2) is 6.04. The second-order valence-corrected chi connectivity index (χ2v) is 4.94. The summed E-state index contributed by atoms with van der Waals surface area (Å²) in [4.78, 5) is 23.2. The predicted molar refractivity (Wildman–Crippen MR) is 72.9 cm³/mol. The highest BCUT2D eigenvalue weighted by molar-refractivity contribution is 6.31. The SMILES string of the molecule is CCC(C)(N)C(=O)N[C@@H](C(=O)O)c1ccccc1Cl. The molecule has 0 saturated heterocycles. The highest BCUT2D eigenvalue weighted by Crippen LogP contribution is 2.23. The summed E-state index contributed by atoms with van der Waals surface area (Å²) in [6.07, 6.45) is 0.397. The Hall–Kier alpha value is -1.59. The Morgan fingerprint density at radius 3 is 2.53 bits per heavy atom. The van der Waals surface area contributed by atoms with E-state index in [1.165, 1.54) is 0 Å². The summed E-state index contributed by atoms with van der Waals surface area (Å²) >= 11 is 5.95. The number of carboxylic acids is 1. The molecule has 1 aromatic carbocycles. The number of hydrogen-bond acceptors (Lipinski definition) is 3. The lowest BCUT2D eigenvalue weighted by atomic mass is 9.98. The zero-order chi connectivity index (χ0) is 14.6. The first kappa shape index (κ1) is 15.5. The summed E-state index contributed by atoms with van der Waals surface area (Å²) in [5, 5.41) is 11.9. The van der Waals surface area contributed by atoms with Crippen LogP contribution in [0.15, 0.2) is 24.3 Å². The van der Waals surface area contributed by atoms with Crippen molar-refractivity contribution >= 4 is 23.5 Å². The van der Waals surface area contributed by atoms with E-state index in [9.17, 15) is 14.7 Å². The van der Waals surface area contributed by atoms with Gasteiger partial charge in [-0.05, 0) is 19.4 Å². The molecule has 1 rings (SSSR count). The maximum atomic E-state index is 12.0. The lowest BCUT2D eigenvalue weighted by Gasteiger charge is -2.25. The first-order valence-electron chi connectivity index (χ1n) is 5.86. The molecule has 0 aliphatic rings. The van der Waals surface area contributed by atoms with E-state index in [0.29, 0.717) is 12.0 Å². The average Bonchev–Trinajstić information content (AvgIpc) is 2.36. The molecule has 0 saturated carbocycles. The molecule has 1 unspecified atom stereocenters. The van der Waals surface area contributed by atoms with Gasteiger partial charge in [0.1, 0.15) is 0 Å². The summed E-state index contributed by atoms with van der Waals surface area (Å²) < 4.78 is 0. The Kier molecular flexibility index (Phi) is 4.91. The number of aliphatic carboxylic acids is 1. The topological polar surface area (TPSA) is 92.4 Å². The van der Waals surface area contributed by atoms with E-state index >= 15 is 0 Å². The molecule has 0 heterocycles. The quantitative estimate of drug-likeness (QED) is 0.767. The number of carbonyl (C=O) groups excluding carboxylic acids is 1. The Labute approximate surface area is 116 Å². The Bertz CT molecular complexity index is 489. The van der Waals surface area contributed by atoms with Gasteiger partial charge in [0.25, 0.3) is 0 Å². The standard InChI is InChI=1S/C13H17ClN2O3/c1-3-13(2,15)12(19)16-10(11(17)18)8-6-4-5-7-9(8)14/h4-7,10H,3,15H2,1-2H3,(H,16,19)(H,17,18)/t10-,13?/m1/s1. The number of carboxylic acid groups (broad SMARTS) is 1. The van der Waals surface area contributed by atoms with Crippen LogP contribution in [0, 0.1) is 0 Å². The number of benzene rings is 1. The number of hydrogen-bond donors (Lipinski definition) is 3. The van der Waals surface area contributed by atoms with Gasteiger partial charge in [-0.25, -0.2) is 4.79 Å². The average molecular weight is 285 g/mol. The molecule has 104 valence electrons. The van der Waals surface area contributed by atoms with Gasteiger partial charge >= 0.3 is 5.97 Å². The molecular formula is C13H17ClN2O3. The third-order valence-electron chi connectivity index (χ3n) is 2.99. The van der Waals surface area contributed by atoms with Crippen LogP contribution in [0.1, 0.15) is 31.9 Å². The van der Waals surface area contributed by atoms with Crippen LogP contribution < -0.4 is 11.1 Å². The summed E-state index contributed by atoms with van der Waals surface area (Å²) in [6, 6.07) is 5.26. The van der Waals surface area contributed by atoms with Crippen LogP contribution in [0.3, 0.4) is 0 Å². The van der Waals surface area contributed by atoms with Crippen molar-refractivity contribution in [2.75, 3.05) is 0 Å². The number of carbonyl (C=O) groups is 2. The first-order chi connectivity index (χ1) is 8.79. The van der Waals surface area contributed by atoms with Crippen molar-refractivity contribution in [3.63, 3.8) is 0 Å². The van der Waals surface area contributed by atoms with Crippen LogP contribution in [0.5, 0.6) is 0 Å². The number of rotatable bonds is 5. The number of amides is 1. The van der Waals surface area contributed by atoms with Gasteiger partial charge < -0.3 is 16.2 Å². The Balaban J connectivity index is 3.02. The van der Waals surface area contributed by atoms with Crippen molar-refractivity contribution in [2.45, 2.75) is 31.8 Å². The normalized spacial score (nSPS) is 15.4. The molecule has 19 heavy (non-hydrogen) atoms. The first-order valence-corrected chi connectivity index (χ1v) is 6.24. The summed E-state index contributed by atoms with van der Waals surface area (Å²) in [5.41, 5.74) is 5.00. The van der Waals surface area contributed by atoms with Gasteiger partial charge in [0.05, 0.1) is 5.54 Å². The molecule has 0 aliphatic heterocycles. The van der Waals surface area contributed by atoms with E-state index in [1.54, 1.807) is 38.1 Å². The molecule has 0 aliphatic carbocycles. The fraction of sp³-hybridized carbons (Fsp3) is 0.385. The lowest BCUT2D eigenvalue weighted by molar-refractivity contribution is -0.142. The zero-order valence-electron chi connectivity index (χ0n) is 10.8. The monoisotopic (exact) mass is 284 g/mol. The number of halogens is 1. The van der Waals surface area contributed by atoms with Gasteiger partial charge in [0.2, 0.25) is 5.91 Å². The summed E-state index contributed by atoms with van der Waals surface area (Å²) in [7, 11) is 0. The van der Waals surface area contributed by atoms with Gasteiger partial charge in [-0.15, -0.1) is 0 Å². The highest BCUT2D eigenvalue weighted by atomic mass is 35.5. The number of nitrogens with one attached hydrogen (secondary N) is 1. The third kappa shape index (κ3) is 3.68. The van der Waals surface area contributed by atoms with Crippen molar-refractivity contribution in [1.29, 1.82) is 0 Å². The van der Waals surface area contributed by atoms with Crippen molar-refractivity contribution in [3.05, 3.63) is 34.9 Å². The minimum absolute atomic E-state index is 0.283. The largest absolute Gasteiger partial charge is 0.479 e. The van der Waals surface area contributed by atoms with Crippen molar-refractivity contribution in [1.82, 2.24) is 5.32 Å². The molecule has 4 N–H and O–H groups in total. The molecule has 0 radical (unpaired) electrons. The number of nitrogens with two attached hydrogens (primary N) is 1. The molecule has 1 aromatic rings. The zero-order valence-corrected chi connectivity index (χ0v) is 11.6. The predicted octanol–water partition coefficient (Wildman–Crippen LogP) is 1.71. The van der Waals surface area contributed by atoms with Gasteiger partial charge in [0.15, 0.2) is 6.04 Å². The molecule has 1 amide bonds. The van der Waals surface area contributed by atoms with E-state index in [-0.39, 0.29) is 5.02 Å². The maximum absolute atomic E-state index is 12.0. The fourth-order valence-corrected chi connectivity index (χ4v) is 1.68. The summed E-state index contributed by atoms with van der Waals surface area (Å²) in [6.45, 7) is 3.30. The van der Waals surface area contributed by atoms with Crippen molar-refractivity contribution < 1.29 is 14.7 Å². The fourth-order valence-electron chi connectivity index (χ4n) is 1.44. The van der Waals surface area contributed by atoms with E-state index in [4.69, 9.17) is 17.3 Å². The molecule has 2 atom stereocenters. The van der Waals surface area contributed by atoms with Crippen molar-refractivity contribution in [2.24, 2.45) is 5.73 Å². The van der Waals surface area contributed by atoms with Crippen LogP contribution in [0.2, 0.25) is 5.02 Å². The summed E-state index contributed by atoms with van der Waals surface area (Å²) in [5.74, 6) is -1.71. The minimum atomic E-state index is -1.21. The van der Waals surface area contributed by atoms with Crippen molar-refractivity contribution in [3.8, 4) is 0 Å². The lowest BCUT2D eigenvalue weighted by Crippen LogP contribution is -2.53. The molecule has 6 heteroatoms. The van der Waals surface area contributed by atoms with Gasteiger partial charge in [-0.2, -0.15) is 0 Å². The molecule has 0 fully saturated rings. The third-order valence-corrected chi connectivity index (χ3v) is 3.34. The van der Waals surface area contributed by atoms with Crippen LogP contribution in [0.25, 0.3) is 0 Å². The molecule has 0 aromatic heterocycles. The Morgan fingerprint density at radius 1 is 1.47 bits per heavy atom. The molecular weight excluding hydrogens is 268 g/mol. The molecule has 0 spiro atoms. The molecule has 5 nitrogen and oxygen atoms in total. The van der Waals surface area contributed by atoms with Crippen LogP contribution in [-0.2, 0) is 9.59 Å². The van der Waals surface area contributed by atoms with Gasteiger partial charge in [-0.1, -0.05) is 36.7 Å². The van der Waals surface area contributed by atoms with Crippen LogP contribution in [-0.4, -0.2) is 22.5 Å². The maximum Gasteiger partial charge on any atom is 0.330 e. The van der Waals surface area contributed by atoms with E-state index in [1.807, 2.05) is 0 Å². The van der Waals surface area contributed by atoms with Gasteiger partial charge in [-0.3, -0.25) is 4.79 Å². The minimum Gasteiger partial charge on any atom is -0.479 e. The highest BCUT2D eigenvalue weighted by Gasteiger charge is 2.31. The van der Waals surface area contributed by atoms with Gasteiger partial charge in [0, 0.05) is 10.6 Å². The van der Waals surface area contributed by atoms with Crippen LogP contribution >= 0.6 is 11.6 Å². The Morgan fingerprint density at radius 2 is 2.05 bits per heavy atom.